The average molecular weight is 600 g/mol. The molecule has 1 fully saturated rings. The lowest BCUT2D eigenvalue weighted by Crippen LogP contribution is -3.00. The molecule has 0 atom stereocenters. The van der Waals surface area contributed by atoms with Crippen molar-refractivity contribution in [2.45, 2.75) is 20.8 Å². The second-order valence-electron chi connectivity index (χ2n) is 9.54. The Morgan fingerprint density at radius 2 is 1.20 bits per heavy atom. The standard InChI is InChI=1S/C29H33N2O2P.HI/c1-29(2,3)28(32)30-27(23-31-19-21-33-22-20-31)34(24-13-7-4-8-14-24,25-15-9-5-10-16-25)26-17-11-6-12-18-26;/h4-18,23H,19-22H2,1-3H3;1H/b27-23+;. The van der Waals surface area contributed by atoms with Crippen molar-refractivity contribution in [3.8, 4) is 0 Å². The number of benzene rings is 3. The number of nitrogens with one attached hydrogen (secondary N) is 1. The third kappa shape index (κ3) is 6.14. The third-order valence-corrected chi connectivity index (χ3v) is 10.2. The number of amides is 1. The van der Waals surface area contributed by atoms with E-state index in [0.717, 1.165) is 18.5 Å². The van der Waals surface area contributed by atoms with Gasteiger partial charge in [-0.1, -0.05) is 75.4 Å². The molecular formula is C29H34IN2O2P. The number of carbonyl (C=O) groups is 1. The maximum absolute atomic E-state index is 13.5. The molecule has 35 heavy (non-hydrogen) atoms. The molecule has 4 rings (SSSR count). The Kier molecular flexibility index (Phi) is 9.51. The predicted octanol–water partition coefficient (Wildman–Crippen LogP) is 1.28. The van der Waals surface area contributed by atoms with Gasteiger partial charge in [0.25, 0.3) is 0 Å². The minimum Gasteiger partial charge on any atom is -1.00 e. The quantitative estimate of drug-likeness (QED) is 0.343. The largest absolute Gasteiger partial charge is 1.00 e. The van der Waals surface area contributed by atoms with E-state index in [1.807, 2.05) is 39.0 Å². The summed E-state index contributed by atoms with van der Waals surface area (Å²) in [5, 5.41) is 7.06. The van der Waals surface area contributed by atoms with E-state index in [2.05, 4.69) is 89.2 Å². The van der Waals surface area contributed by atoms with E-state index < -0.39 is 12.7 Å². The molecule has 3 aromatic carbocycles. The summed E-state index contributed by atoms with van der Waals surface area (Å²) in [6.07, 6.45) is 2.19. The van der Waals surface area contributed by atoms with E-state index in [1.54, 1.807) is 0 Å². The summed E-state index contributed by atoms with van der Waals surface area (Å²) in [5.41, 5.74) is 0.432. The van der Waals surface area contributed by atoms with Gasteiger partial charge in [0.1, 0.15) is 15.9 Å². The van der Waals surface area contributed by atoms with E-state index in [0.29, 0.717) is 13.2 Å². The van der Waals surface area contributed by atoms with Crippen molar-refractivity contribution >= 4 is 29.1 Å². The van der Waals surface area contributed by atoms with Gasteiger partial charge in [-0.2, -0.15) is 0 Å². The summed E-state index contributed by atoms with van der Waals surface area (Å²) in [6.45, 7) is 8.85. The number of hydrogen-bond acceptors (Lipinski definition) is 3. The molecule has 1 saturated heterocycles. The number of hydrogen-bond donors (Lipinski definition) is 1. The highest BCUT2D eigenvalue weighted by molar-refractivity contribution is 7.99. The average Bonchev–Trinajstić information content (AvgIpc) is 2.86. The number of halogens is 1. The zero-order valence-electron chi connectivity index (χ0n) is 20.7. The molecule has 184 valence electrons. The van der Waals surface area contributed by atoms with Crippen molar-refractivity contribution in [2.75, 3.05) is 26.3 Å². The van der Waals surface area contributed by atoms with E-state index in [9.17, 15) is 4.79 Å². The highest BCUT2D eigenvalue weighted by atomic mass is 127. The van der Waals surface area contributed by atoms with Crippen LogP contribution in [0.1, 0.15) is 20.8 Å². The first-order valence-electron chi connectivity index (χ1n) is 11.8. The molecule has 6 heteroatoms. The number of rotatable bonds is 6. The second-order valence-corrected chi connectivity index (χ2v) is 12.9. The number of ether oxygens (including phenoxy) is 1. The molecule has 0 saturated carbocycles. The number of morpholine rings is 1. The molecule has 0 spiro atoms. The lowest BCUT2D eigenvalue weighted by molar-refractivity contribution is -0.127. The minimum absolute atomic E-state index is 0. The Balaban J connectivity index is 0.00000342. The topological polar surface area (TPSA) is 41.6 Å². The van der Waals surface area contributed by atoms with Crippen molar-refractivity contribution in [2.24, 2.45) is 5.41 Å². The fraction of sp³-hybridized carbons (Fsp3) is 0.276. The molecular weight excluding hydrogens is 566 g/mol. The molecule has 0 bridgehead atoms. The van der Waals surface area contributed by atoms with Crippen LogP contribution in [0.15, 0.2) is 103 Å². The van der Waals surface area contributed by atoms with Crippen LogP contribution >= 0.6 is 7.26 Å². The van der Waals surface area contributed by atoms with Crippen LogP contribution in [0.25, 0.3) is 0 Å². The fourth-order valence-corrected chi connectivity index (χ4v) is 8.40. The molecule has 1 amide bonds. The van der Waals surface area contributed by atoms with Gasteiger partial charge in [0.05, 0.1) is 19.4 Å². The first-order valence-corrected chi connectivity index (χ1v) is 13.6. The number of nitrogens with zero attached hydrogens (tertiary/aromatic N) is 1. The Morgan fingerprint density at radius 3 is 1.57 bits per heavy atom. The van der Waals surface area contributed by atoms with Gasteiger partial charge in [0.2, 0.25) is 5.91 Å². The molecule has 0 unspecified atom stereocenters. The molecule has 3 aromatic rings. The fourth-order valence-electron chi connectivity index (χ4n) is 4.21. The Morgan fingerprint density at radius 1 is 0.800 bits per heavy atom. The smallest absolute Gasteiger partial charge is 0.232 e. The normalized spacial score (nSPS) is 14.7. The maximum Gasteiger partial charge on any atom is 0.232 e. The van der Waals surface area contributed by atoms with Gasteiger partial charge in [0.15, 0.2) is 12.7 Å². The van der Waals surface area contributed by atoms with E-state index in [4.69, 9.17) is 4.74 Å². The summed E-state index contributed by atoms with van der Waals surface area (Å²) in [4.78, 5) is 15.8. The molecule has 0 aromatic heterocycles. The molecule has 0 radical (unpaired) electrons. The molecule has 1 aliphatic heterocycles. The molecule has 1 N–H and O–H groups in total. The van der Waals surface area contributed by atoms with Gasteiger partial charge in [-0.3, -0.25) is 10.1 Å². The van der Waals surface area contributed by atoms with Gasteiger partial charge >= 0.3 is 0 Å². The highest BCUT2D eigenvalue weighted by Gasteiger charge is 2.51. The van der Waals surface area contributed by atoms with Crippen LogP contribution in [0.3, 0.4) is 0 Å². The summed E-state index contributed by atoms with van der Waals surface area (Å²) in [7, 11) is -2.41. The predicted molar refractivity (Wildman–Crippen MR) is 143 cm³/mol. The number of carbonyl (C=O) groups excluding carboxylic acids is 1. The minimum atomic E-state index is -2.41. The monoisotopic (exact) mass is 600 g/mol. The van der Waals surface area contributed by atoms with E-state index >= 15 is 0 Å². The zero-order valence-corrected chi connectivity index (χ0v) is 23.7. The van der Waals surface area contributed by atoms with E-state index in [-0.39, 0.29) is 29.9 Å². The van der Waals surface area contributed by atoms with Crippen molar-refractivity contribution in [1.82, 2.24) is 10.2 Å². The maximum atomic E-state index is 13.5. The summed E-state index contributed by atoms with van der Waals surface area (Å²) < 4.78 is 5.61. The van der Waals surface area contributed by atoms with Crippen LogP contribution in [-0.4, -0.2) is 37.1 Å². The van der Waals surface area contributed by atoms with Crippen LogP contribution < -0.4 is 45.2 Å². The first-order chi connectivity index (χ1) is 16.4. The molecule has 1 heterocycles. The molecule has 0 aliphatic carbocycles. The van der Waals surface area contributed by atoms with Gasteiger partial charge < -0.3 is 33.6 Å². The first kappa shape index (κ1) is 27.4. The third-order valence-electron chi connectivity index (χ3n) is 6.07. The van der Waals surface area contributed by atoms with Crippen LogP contribution in [0.4, 0.5) is 0 Å². The van der Waals surface area contributed by atoms with Gasteiger partial charge in [-0.05, 0) is 36.4 Å². The Labute approximate surface area is 227 Å². The van der Waals surface area contributed by atoms with Crippen LogP contribution in [-0.2, 0) is 9.53 Å². The summed E-state index contributed by atoms with van der Waals surface area (Å²) in [6, 6.07) is 31.9. The molecule has 4 nitrogen and oxygen atoms in total. The van der Waals surface area contributed by atoms with Gasteiger partial charge in [0, 0.05) is 18.5 Å². The van der Waals surface area contributed by atoms with Gasteiger partial charge in [-0.25, -0.2) is 0 Å². The second kappa shape index (κ2) is 12.2. The van der Waals surface area contributed by atoms with Crippen LogP contribution in [0, 0.1) is 5.41 Å². The SMILES string of the molecule is CC(C)(C)C(=O)N/C(=C\N1CCOCC1)[P+](c1ccccc1)(c1ccccc1)c1ccccc1.[I-]. The van der Waals surface area contributed by atoms with Crippen LogP contribution in [0.2, 0.25) is 0 Å². The molecule has 1 aliphatic rings. The van der Waals surface area contributed by atoms with Crippen molar-refractivity contribution < 1.29 is 33.5 Å². The van der Waals surface area contributed by atoms with Gasteiger partial charge in [-0.15, -0.1) is 0 Å². The lowest BCUT2D eigenvalue weighted by Gasteiger charge is -2.33. The van der Waals surface area contributed by atoms with E-state index in [1.165, 1.54) is 15.9 Å². The van der Waals surface area contributed by atoms with Crippen molar-refractivity contribution in [3.63, 3.8) is 0 Å². The van der Waals surface area contributed by atoms with Crippen LogP contribution in [0.5, 0.6) is 0 Å². The Bertz CT molecular complexity index is 1010. The van der Waals surface area contributed by atoms with Crippen molar-refractivity contribution in [1.29, 1.82) is 0 Å². The Hall–Kier alpha value is -2.21. The summed E-state index contributed by atoms with van der Waals surface area (Å²) in [5.74, 6) is 0.0131. The highest BCUT2D eigenvalue weighted by Crippen LogP contribution is 2.61. The lowest BCUT2D eigenvalue weighted by atomic mass is 9.96. The summed E-state index contributed by atoms with van der Waals surface area (Å²) >= 11 is 0. The zero-order chi connectivity index (χ0) is 24.0. The van der Waals surface area contributed by atoms with Crippen molar-refractivity contribution in [3.05, 3.63) is 103 Å².